The molecule has 0 aliphatic heterocycles. The number of alkyl halides is 3. The quantitative estimate of drug-likeness (QED) is 0.815. The van der Waals surface area contributed by atoms with Crippen molar-refractivity contribution >= 4 is 39.0 Å². The summed E-state index contributed by atoms with van der Waals surface area (Å²) in [4.78, 5) is 4.05. The van der Waals surface area contributed by atoms with Gasteiger partial charge in [-0.3, -0.25) is 0 Å². The number of rotatable bonds is 3. The van der Waals surface area contributed by atoms with Gasteiger partial charge in [0, 0.05) is 16.4 Å². The third-order valence-corrected chi connectivity index (χ3v) is 2.88. The van der Waals surface area contributed by atoms with Crippen molar-refractivity contribution in [1.82, 2.24) is 4.98 Å². The minimum absolute atomic E-state index is 0.294. The number of pyridine rings is 1. The van der Waals surface area contributed by atoms with Crippen LogP contribution >= 0.6 is 27.5 Å². The predicted molar refractivity (Wildman–Crippen MR) is 73.4 cm³/mol. The summed E-state index contributed by atoms with van der Waals surface area (Å²) >= 11 is 9.19. The van der Waals surface area contributed by atoms with E-state index in [9.17, 15) is 13.2 Å². The van der Waals surface area contributed by atoms with Gasteiger partial charge in [0.05, 0.1) is 5.02 Å². The lowest BCUT2D eigenvalue weighted by molar-refractivity contribution is -0.274. The van der Waals surface area contributed by atoms with Crippen molar-refractivity contribution in [3.63, 3.8) is 0 Å². The highest BCUT2D eigenvalue weighted by atomic mass is 79.9. The van der Waals surface area contributed by atoms with E-state index in [1.165, 1.54) is 24.3 Å². The van der Waals surface area contributed by atoms with Gasteiger partial charge in [-0.1, -0.05) is 11.6 Å². The summed E-state index contributed by atoms with van der Waals surface area (Å²) in [5, 5.41) is 3.27. The van der Waals surface area contributed by atoms with E-state index in [1.807, 2.05) is 0 Å². The van der Waals surface area contributed by atoms with Crippen LogP contribution in [0.1, 0.15) is 0 Å². The zero-order valence-corrected chi connectivity index (χ0v) is 12.1. The lowest BCUT2D eigenvalue weighted by Gasteiger charge is -2.10. The van der Waals surface area contributed by atoms with Crippen LogP contribution < -0.4 is 10.1 Å². The summed E-state index contributed by atoms with van der Waals surface area (Å²) in [7, 11) is 0. The number of nitrogens with zero attached hydrogens (tertiary/aromatic N) is 1. The second kappa shape index (κ2) is 5.88. The maximum absolute atomic E-state index is 12.0. The first-order valence-electron chi connectivity index (χ1n) is 5.27. The fourth-order valence-electron chi connectivity index (χ4n) is 1.38. The van der Waals surface area contributed by atoms with Gasteiger partial charge < -0.3 is 10.1 Å². The Hall–Kier alpha value is -1.47. The molecule has 1 N–H and O–H groups in total. The molecule has 0 radical (unpaired) electrons. The van der Waals surface area contributed by atoms with Crippen molar-refractivity contribution < 1.29 is 17.9 Å². The van der Waals surface area contributed by atoms with E-state index in [0.29, 0.717) is 16.5 Å². The third kappa shape index (κ3) is 4.28. The van der Waals surface area contributed by atoms with Gasteiger partial charge in [0.2, 0.25) is 0 Å². The number of hydrogen-bond donors (Lipinski definition) is 1. The predicted octanol–water partition coefficient (Wildman–Crippen LogP) is 5.14. The van der Waals surface area contributed by atoms with E-state index < -0.39 is 6.36 Å². The fourth-order valence-corrected chi connectivity index (χ4v) is 2.06. The Morgan fingerprint density at radius 3 is 2.40 bits per heavy atom. The van der Waals surface area contributed by atoms with E-state index >= 15 is 0 Å². The van der Waals surface area contributed by atoms with E-state index in [4.69, 9.17) is 11.6 Å². The number of aromatic nitrogens is 1. The van der Waals surface area contributed by atoms with Gasteiger partial charge in [0.25, 0.3) is 0 Å². The molecule has 0 aliphatic rings. The molecule has 0 atom stereocenters. The Balaban J connectivity index is 2.11. The van der Waals surface area contributed by atoms with Crippen molar-refractivity contribution in [2.75, 3.05) is 5.32 Å². The van der Waals surface area contributed by atoms with Crippen LogP contribution in [0.2, 0.25) is 5.02 Å². The van der Waals surface area contributed by atoms with Gasteiger partial charge in [-0.25, -0.2) is 4.98 Å². The zero-order valence-electron chi connectivity index (χ0n) is 9.71. The molecule has 8 heteroatoms. The van der Waals surface area contributed by atoms with Crippen molar-refractivity contribution in [3.8, 4) is 5.75 Å². The van der Waals surface area contributed by atoms with Gasteiger partial charge in [-0.2, -0.15) is 0 Å². The Morgan fingerprint density at radius 2 is 1.85 bits per heavy atom. The molecule has 0 spiro atoms. The monoisotopic (exact) mass is 366 g/mol. The van der Waals surface area contributed by atoms with Crippen LogP contribution in [0.4, 0.5) is 24.7 Å². The van der Waals surface area contributed by atoms with E-state index in [1.54, 1.807) is 12.3 Å². The minimum atomic E-state index is -4.70. The van der Waals surface area contributed by atoms with Gasteiger partial charge in [-0.15, -0.1) is 13.2 Å². The van der Waals surface area contributed by atoms with Gasteiger partial charge in [0.15, 0.2) is 0 Å². The van der Waals surface area contributed by atoms with E-state index in [2.05, 4.69) is 31.0 Å². The molecule has 1 aromatic heterocycles. The second-order valence-electron chi connectivity index (χ2n) is 3.68. The molecule has 2 aromatic rings. The summed E-state index contributed by atoms with van der Waals surface area (Å²) in [6, 6.07) is 6.91. The lowest BCUT2D eigenvalue weighted by atomic mass is 10.3. The normalized spacial score (nSPS) is 11.2. The molecule has 0 fully saturated rings. The summed E-state index contributed by atoms with van der Waals surface area (Å²) in [6.45, 7) is 0. The molecule has 0 saturated heterocycles. The Kier molecular flexibility index (Phi) is 4.39. The third-order valence-electron chi connectivity index (χ3n) is 2.16. The van der Waals surface area contributed by atoms with Crippen LogP contribution in [0, 0.1) is 0 Å². The van der Waals surface area contributed by atoms with Crippen LogP contribution in [0.15, 0.2) is 41.0 Å². The smallest absolute Gasteiger partial charge is 0.406 e. The Bertz CT molecular complexity index is 605. The molecule has 2 rings (SSSR count). The Labute approximate surface area is 125 Å². The highest BCUT2D eigenvalue weighted by molar-refractivity contribution is 9.10. The number of ether oxygens (including phenoxy) is 1. The van der Waals surface area contributed by atoms with Crippen molar-refractivity contribution in [3.05, 3.63) is 46.0 Å². The molecule has 0 aliphatic carbocycles. The van der Waals surface area contributed by atoms with Crippen molar-refractivity contribution in [2.24, 2.45) is 0 Å². The average molecular weight is 368 g/mol. The molecule has 0 amide bonds. The summed E-state index contributed by atoms with van der Waals surface area (Å²) in [6.07, 6.45) is -3.15. The summed E-state index contributed by atoms with van der Waals surface area (Å²) < 4.78 is 40.5. The number of benzene rings is 1. The molecule has 0 saturated carbocycles. The first-order valence-corrected chi connectivity index (χ1v) is 6.44. The largest absolute Gasteiger partial charge is 0.573 e. The maximum Gasteiger partial charge on any atom is 0.573 e. The van der Waals surface area contributed by atoms with Crippen LogP contribution in [0.5, 0.6) is 5.75 Å². The highest BCUT2D eigenvalue weighted by Gasteiger charge is 2.30. The van der Waals surface area contributed by atoms with Crippen LogP contribution in [0.25, 0.3) is 0 Å². The van der Waals surface area contributed by atoms with Gasteiger partial charge in [0.1, 0.15) is 11.6 Å². The lowest BCUT2D eigenvalue weighted by Crippen LogP contribution is -2.16. The molecule has 0 unspecified atom stereocenters. The van der Waals surface area contributed by atoms with Crippen LogP contribution in [0.3, 0.4) is 0 Å². The first kappa shape index (κ1) is 14.9. The maximum atomic E-state index is 12.0. The van der Waals surface area contributed by atoms with Crippen LogP contribution in [-0.2, 0) is 0 Å². The second-order valence-corrected chi connectivity index (χ2v) is 5.00. The molecular weight excluding hydrogens is 360 g/mol. The summed E-state index contributed by atoms with van der Waals surface area (Å²) in [5.41, 5.74) is 0.538. The molecule has 1 heterocycles. The van der Waals surface area contributed by atoms with Crippen molar-refractivity contribution in [1.29, 1.82) is 0 Å². The number of anilines is 2. The topological polar surface area (TPSA) is 34.1 Å². The molecule has 1 aromatic carbocycles. The molecule has 106 valence electrons. The molecular formula is C12H7BrClF3N2O. The van der Waals surface area contributed by atoms with Gasteiger partial charge in [-0.05, 0) is 46.3 Å². The number of hydrogen-bond acceptors (Lipinski definition) is 3. The minimum Gasteiger partial charge on any atom is -0.406 e. The summed E-state index contributed by atoms with van der Waals surface area (Å²) in [5.74, 6) is 0.109. The zero-order chi connectivity index (χ0) is 14.8. The van der Waals surface area contributed by atoms with Gasteiger partial charge >= 0.3 is 6.36 Å². The molecule has 20 heavy (non-hydrogen) atoms. The van der Waals surface area contributed by atoms with Crippen molar-refractivity contribution in [2.45, 2.75) is 6.36 Å². The SMILES string of the molecule is FC(F)(F)Oc1ccc(Nc2ncc(Br)cc2Cl)cc1. The molecule has 3 nitrogen and oxygen atoms in total. The highest BCUT2D eigenvalue weighted by Crippen LogP contribution is 2.28. The van der Waals surface area contributed by atoms with E-state index in [0.717, 1.165) is 4.47 Å². The number of halogens is 5. The first-order chi connectivity index (χ1) is 9.33. The van der Waals surface area contributed by atoms with Crippen LogP contribution in [-0.4, -0.2) is 11.3 Å². The standard InChI is InChI=1S/C12H7BrClF3N2O/c13-7-5-10(14)11(18-6-7)19-8-1-3-9(4-2-8)20-12(15,16)17/h1-6H,(H,18,19). The average Bonchev–Trinajstić information content (AvgIpc) is 2.33. The fraction of sp³-hybridized carbons (Fsp3) is 0.0833. The molecule has 0 bridgehead atoms. The van der Waals surface area contributed by atoms with E-state index in [-0.39, 0.29) is 5.75 Å². The Morgan fingerprint density at radius 1 is 1.20 bits per heavy atom. The number of nitrogens with one attached hydrogen (secondary N) is 1.